The van der Waals surface area contributed by atoms with E-state index >= 15 is 0 Å². The van der Waals surface area contributed by atoms with Crippen LogP contribution in [0.1, 0.15) is 100.0 Å². The molecule has 1 atom stereocenters. The molecule has 1 aliphatic heterocycles. The van der Waals surface area contributed by atoms with Crippen molar-refractivity contribution in [3.05, 3.63) is 119 Å². The fraction of sp³-hybridized carbons (Fsp3) is 0.477. The van der Waals surface area contributed by atoms with Crippen LogP contribution < -0.4 is 10.6 Å². The number of nitrogens with one attached hydrogen (secondary N) is 2. The van der Waals surface area contributed by atoms with Crippen molar-refractivity contribution in [2.45, 2.75) is 104 Å². The zero-order chi connectivity index (χ0) is 34.4. The molecule has 0 radical (unpaired) electrons. The number of likely N-dealkylation sites (N-methyl/N-ethyl adjacent to an activating group) is 1. The highest BCUT2D eigenvalue weighted by Gasteiger charge is 2.41. The number of aryl methyl sites for hydroxylation is 4. The van der Waals surface area contributed by atoms with E-state index in [1.807, 2.05) is 7.05 Å². The van der Waals surface area contributed by atoms with E-state index in [0.717, 1.165) is 50.9 Å². The lowest BCUT2D eigenvalue weighted by molar-refractivity contribution is 0.275. The summed E-state index contributed by atoms with van der Waals surface area (Å²) >= 11 is 0. The Morgan fingerprint density at radius 1 is 0.917 bits per heavy atom. The molecule has 2 aliphatic rings. The highest BCUT2D eigenvalue weighted by atomic mass is 15.1. The lowest BCUT2D eigenvalue weighted by atomic mass is 9.63. The lowest BCUT2D eigenvalue weighted by Crippen LogP contribution is -2.41. The molecule has 1 aliphatic carbocycles. The molecule has 3 aromatic rings. The minimum absolute atomic E-state index is 0.0587. The third-order valence-electron chi connectivity index (χ3n) is 10.6. The van der Waals surface area contributed by atoms with E-state index < -0.39 is 0 Å². The van der Waals surface area contributed by atoms with Crippen molar-refractivity contribution in [1.82, 2.24) is 4.90 Å². The van der Waals surface area contributed by atoms with Crippen molar-refractivity contribution in [3.63, 3.8) is 0 Å². The lowest BCUT2D eigenvalue weighted by Gasteiger charge is -2.41. The van der Waals surface area contributed by atoms with Gasteiger partial charge in [0.1, 0.15) is 0 Å². The summed E-state index contributed by atoms with van der Waals surface area (Å²) in [5, 5.41) is 6.46. The molecule has 1 heterocycles. The summed E-state index contributed by atoms with van der Waals surface area (Å²) in [5.41, 5.74) is 12.2. The Hall–Kier alpha value is -3.63. The molecule has 4 nitrogen and oxygen atoms in total. The van der Waals surface area contributed by atoms with Crippen LogP contribution in [-0.4, -0.2) is 37.8 Å². The van der Waals surface area contributed by atoms with Gasteiger partial charge in [-0.25, -0.2) is 0 Å². The fourth-order valence-corrected chi connectivity index (χ4v) is 7.71. The van der Waals surface area contributed by atoms with Gasteiger partial charge in [0.25, 0.3) is 0 Å². The third-order valence-corrected chi connectivity index (χ3v) is 10.6. The van der Waals surface area contributed by atoms with Crippen LogP contribution in [0.2, 0.25) is 0 Å². The first-order valence-electron chi connectivity index (χ1n) is 18.6. The van der Waals surface area contributed by atoms with E-state index in [1.54, 1.807) is 6.20 Å². The quantitative estimate of drug-likeness (QED) is 0.173. The summed E-state index contributed by atoms with van der Waals surface area (Å²) in [4.78, 5) is 7.54. The highest BCUT2D eigenvalue weighted by Crippen LogP contribution is 2.44. The molecule has 3 aromatic carbocycles. The summed E-state index contributed by atoms with van der Waals surface area (Å²) in [6, 6.07) is 24.7. The number of hydrogen-bond acceptors (Lipinski definition) is 4. The molecule has 1 unspecified atom stereocenters. The van der Waals surface area contributed by atoms with Gasteiger partial charge in [0.05, 0.1) is 11.4 Å². The first-order chi connectivity index (χ1) is 23.3. The van der Waals surface area contributed by atoms with E-state index in [9.17, 15) is 0 Å². The van der Waals surface area contributed by atoms with E-state index in [0.29, 0.717) is 5.92 Å². The normalized spacial score (nSPS) is 16.0. The van der Waals surface area contributed by atoms with Gasteiger partial charge >= 0.3 is 0 Å². The molecule has 0 amide bonds. The zero-order valence-corrected chi connectivity index (χ0v) is 30.9. The van der Waals surface area contributed by atoms with Gasteiger partial charge in [-0.1, -0.05) is 113 Å². The Morgan fingerprint density at radius 3 is 2.27 bits per heavy atom. The molecule has 48 heavy (non-hydrogen) atoms. The molecular weight excluding hydrogens is 585 g/mol. The average molecular weight is 647 g/mol. The molecule has 0 aromatic heterocycles. The number of rotatable bonds is 15. The van der Waals surface area contributed by atoms with Crippen LogP contribution in [0, 0.1) is 12.8 Å². The predicted octanol–water partition coefficient (Wildman–Crippen LogP) is 10.9. The molecule has 258 valence electrons. The maximum atomic E-state index is 5.07. The van der Waals surface area contributed by atoms with Gasteiger partial charge in [-0.15, -0.1) is 0 Å². The topological polar surface area (TPSA) is 39.7 Å². The highest BCUT2D eigenvalue weighted by molar-refractivity contribution is 5.98. The number of benzene rings is 3. The summed E-state index contributed by atoms with van der Waals surface area (Å²) in [7, 11) is 4.22. The molecule has 2 N–H and O–H groups in total. The van der Waals surface area contributed by atoms with Gasteiger partial charge in [0.15, 0.2) is 0 Å². The van der Waals surface area contributed by atoms with Crippen LogP contribution in [0.5, 0.6) is 0 Å². The van der Waals surface area contributed by atoms with Crippen LogP contribution in [0.25, 0.3) is 0 Å². The maximum Gasteiger partial charge on any atom is 0.0647 e. The van der Waals surface area contributed by atoms with E-state index in [2.05, 4.69) is 130 Å². The van der Waals surface area contributed by atoms with Crippen molar-refractivity contribution in [2.75, 3.05) is 37.8 Å². The van der Waals surface area contributed by atoms with Gasteiger partial charge in [0.2, 0.25) is 0 Å². The van der Waals surface area contributed by atoms with Gasteiger partial charge in [-0.2, -0.15) is 0 Å². The smallest absolute Gasteiger partial charge is 0.0647 e. The Kier molecular flexibility index (Phi) is 14.6. The Balaban J connectivity index is 0.000000291. The van der Waals surface area contributed by atoms with Crippen LogP contribution in [0.3, 0.4) is 0 Å². The van der Waals surface area contributed by atoms with Crippen LogP contribution in [0.4, 0.5) is 11.4 Å². The second-order valence-corrected chi connectivity index (χ2v) is 14.1. The zero-order valence-electron chi connectivity index (χ0n) is 30.9. The minimum atomic E-state index is 0.0587. The second kappa shape index (κ2) is 18.8. The van der Waals surface area contributed by atoms with Crippen molar-refractivity contribution in [3.8, 4) is 0 Å². The number of hydrogen-bond donors (Lipinski definition) is 2. The molecule has 1 fully saturated rings. The molecular formula is C44H62N4. The summed E-state index contributed by atoms with van der Waals surface area (Å²) in [5.74, 6) is 0.706. The summed E-state index contributed by atoms with van der Waals surface area (Å²) in [6.45, 7) is 14.8. The number of aliphatic imine (C=N–C) groups is 1. The second-order valence-electron chi connectivity index (χ2n) is 14.1. The van der Waals surface area contributed by atoms with E-state index in [4.69, 9.17) is 4.99 Å². The first kappa shape index (κ1) is 37.2. The number of anilines is 2. The van der Waals surface area contributed by atoms with Crippen molar-refractivity contribution in [1.29, 1.82) is 0 Å². The van der Waals surface area contributed by atoms with Crippen LogP contribution in [0.15, 0.2) is 96.3 Å². The fourth-order valence-electron chi connectivity index (χ4n) is 7.71. The molecule has 5 rings (SSSR count). The predicted molar refractivity (Wildman–Crippen MR) is 211 cm³/mol. The maximum absolute atomic E-state index is 5.07. The monoisotopic (exact) mass is 646 g/mol. The van der Waals surface area contributed by atoms with Gasteiger partial charge < -0.3 is 15.5 Å². The SMILES string of the molecule is C=CNc1c(C)ccc(CCC)c1NC.CCc1ccc(CCCN(C)CC2=CN=C(C(C)(c3ccccc3)C3CCCCC3)C2)cc1. The molecule has 0 spiro atoms. The van der Waals surface area contributed by atoms with Gasteiger partial charge in [-0.05, 0) is 111 Å². The van der Waals surface area contributed by atoms with Crippen molar-refractivity contribution < 1.29 is 0 Å². The molecule has 0 saturated heterocycles. The van der Waals surface area contributed by atoms with Gasteiger partial charge in [-0.3, -0.25) is 4.99 Å². The van der Waals surface area contributed by atoms with Gasteiger partial charge in [0, 0.05) is 37.3 Å². The minimum Gasteiger partial charge on any atom is -0.386 e. The van der Waals surface area contributed by atoms with Crippen LogP contribution >= 0.6 is 0 Å². The Labute approximate surface area is 292 Å². The van der Waals surface area contributed by atoms with Crippen molar-refractivity contribution >= 4 is 17.1 Å². The third kappa shape index (κ3) is 9.72. The Bertz CT molecular complexity index is 1480. The molecule has 1 saturated carbocycles. The molecule has 0 bridgehead atoms. The van der Waals surface area contributed by atoms with Crippen molar-refractivity contribution in [2.24, 2.45) is 10.9 Å². The molecule has 4 heteroatoms. The van der Waals surface area contributed by atoms with Crippen LogP contribution in [-0.2, 0) is 24.7 Å². The van der Waals surface area contributed by atoms with E-state index in [-0.39, 0.29) is 5.41 Å². The summed E-state index contributed by atoms with van der Waals surface area (Å²) in [6.07, 6.45) is 17.5. The average Bonchev–Trinajstić information content (AvgIpc) is 3.59. The van der Waals surface area contributed by atoms with E-state index in [1.165, 1.54) is 83.3 Å². The number of nitrogens with zero attached hydrogens (tertiary/aromatic N) is 2. The largest absolute Gasteiger partial charge is 0.386 e. The first-order valence-corrected chi connectivity index (χ1v) is 18.6. The Morgan fingerprint density at radius 2 is 1.62 bits per heavy atom. The summed E-state index contributed by atoms with van der Waals surface area (Å²) < 4.78 is 0. The standard InChI is InChI=1S/C31H42N2.C13H20N2/c1-4-25-17-19-26(20-18-25)12-11-21-33(3)24-27-22-30(32-23-27)31(2,28-13-7-5-8-14-28)29-15-9-6-10-16-29;1-5-7-11-9-8-10(3)12(15-6-2)13(11)14-4/h5,7-8,13-14,17-20,23,29H,4,6,9-12,15-16,21-22,24H2,1-3H3;6,8-9,14-15H,2,5,7H2,1,3-4H3.